The van der Waals surface area contributed by atoms with Gasteiger partial charge in [-0.05, 0) is 62.6 Å². The second kappa shape index (κ2) is 17.4. The molecule has 2 bridgehead atoms. The Morgan fingerprint density at radius 2 is 1.91 bits per heavy atom. The fourth-order valence-corrected chi connectivity index (χ4v) is 6.07. The van der Waals surface area contributed by atoms with Crippen molar-refractivity contribution in [2.45, 2.75) is 70.5 Å². The Balaban J connectivity index is 0.000000430. The summed E-state index contributed by atoms with van der Waals surface area (Å²) in [5, 5.41) is 14.3. The lowest BCUT2D eigenvalue weighted by molar-refractivity contribution is -0.137. The monoisotopic (exact) mass is 632 g/mol. The number of aromatic nitrogens is 4. The number of aldehydes is 1. The highest BCUT2D eigenvalue weighted by atomic mass is 32.1. The summed E-state index contributed by atoms with van der Waals surface area (Å²) in [7, 11) is 4.98. The molecule has 5 unspecified atom stereocenters. The van der Waals surface area contributed by atoms with Gasteiger partial charge in [-0.1, -0.05) is 19.8 Å². The number of pyridine rings is 1. The van der Waals surface area contributed by atoms with E-state index in [1.807, 2.05) is 0 Å². The number of amides is 3. The highest BCUT2D eigenvalue weighted by Gasteiger charge is 2.36. The van der Waals surface area contributed by atoms with Gasteiger partial charge in [0, 0.05) is 32.8 Å². The van der Waals surface area contributed by atoms with Crippen LogP contribution in [0.5, 0.6) is 0 Å². The van der Waals surface area contributed by atoms with Crippen molar-refractivity contribution >= 4 is 49.0 Å². The molecule has 2 aromatic rings. The summed E-state index contributed by atoms with van der Waals surface area (Å²) < 4.78 is 2.38. The van der Waals surface area contributed by atoms with Crippen LogP contribution in [0.4, 0.5) is 5.69 Å². The average Bonchev–Trinajstić information content (AvgIpc) is 3.43. The maximum absolute atomic E-state index is 12.8. The summed E-state index contributed by atoms with van der Waals surface area (Å²) in [5.41, 5.74) is -0.747. The van der Waals surface area contributed by atoms with Crippen LogP contribution in [0.1, 0.15) is 62.5 Å². The number of carbonyl (C=O) groups excluding carboxylic acids is 5. The third-order valence-electron chi connectivity index (χ3n) is 8.10. The zero-order valence-corrected chi connectivity index (χ0v) is 26.7. The fourth-order valence-electron chi connectivity index (χ4n) is 6.07. The largest absolute Gasteiger partial charge is 0.353 e. The SMILES string of the molecule is CNC(=O)C(=O)CCC(NC(=O)c1ncn(C)n1)C(=O)Nc1cccn(CC=O)c1=O.CNC1C(C)CC2CCCC1C2.S. The van der Waals surface area contributed by atoms with Crippen molar-refractivity contribution in [2.75, 3.05) is 19.4 Å². The predicted octanol–water partition coefficient (Wildman–Crippen LogP) is 0.542. The molecule has 242 valence electrons. The second-order valence-electron chi connectivity index (χ2n) is 11.2. The number of hydrogen-bond donors (Lipinski definition) is 4. The Morgan fingerprint density at radius 1 is 1.16 bits per heavy atom. The lowest BCUT2D eigenvalue weighted by atomic mass is 9.66. The van der Waals surface area contributed by atoms with Crippen LogP contribution >= 0.6 is 13.5 Å². The average molecular weight is 633 g/mol. The summed E-state index contributed by atoms with van der Waals surface area (Å²) in [4.78, 5) is 75.2. The van der Waals surface area contributed by atoms with E-state index in [4.69, 9.17) is 0 Å². The summed E-state index contributed by atoms with van der Waals surface area (Å²) in [6, 6.07) is 2.34. The molecule has 2 aromatic heterocycles. The third-order valence-corrected chi connectivity index (χ3v) is 8.10. The third kappa shape index (κ3) is 9.84. The van der Waals surface area contributed by atoms with Crippen LogP contribution in [0.2, 0.25) is 0 Å². The number of rotatable bonds is 11. The van der Waals surface area contributed by atoms with Crippen LogP contribution in [0.25, 0.3) is 0 Å². The van der Waals surface area contributed by atoms with Crippen molar-refractivity contribution < 1.29 is 24.0 Å². The Hall–Kier alpha value is -3.85. The zero-order chi connectivity index (χ0) is 31.5. The first-order chi connectivity index (χ1) is 20.6. The molecule has 2 aliphatic rings. The Kier molecular flexibility index (Phi) is 14.4. The first-order valence-electron chi connectivity index (χ1n) is 14.6. The van der Waals surface area contributed by atoms with Gasteiger partial charge < -0.3 is 30.6 Å². The molecule has 5 atom stereocenters. The molecule has 4 rings (SSSR count). The molecule has 4 N–H and O–H groups in total. The van der Waals surface area contributed by atoms with Crippen LogP contribution in [-0.2, 0) is 32.8 Å². The van der Waals surface area contributed by atoms with Crippen LogP contribution in [0.15, 0.2) is 29.5 Å². The van der Waals surface area contributed by atoms with Gasteiger partial charge in [-0.15, -0.1) is 5.10 Å². The van der Waals surface area contributed by atoms with Crippen molar-refractivity contribution in [3.63, 3.8) is 0 Å². The number of ketones is 1. The van der Waals surface area contributed by atoms with Crippen molar-refractivity contribution in [1.29, 1.82) is 0 Å². The normalized spacial score (nSPS) is 20.9. The molecular formula is C29H44N8O6S. The Morgan fingerprint density at radius 3 is 2.55 bits per heavy atom. The maximum Gasteiger partial charge on any atom is 0.291 e. The summed E-state index contributed by atoms with van der Waals surface area (Å²) in [5.74, 6) is -0.407. The van der Waals surface area contributed by atoms with Gasteiger partial charge in [-0.3, -0.25) is 28.7 Å². The van der Waals surface area contributed by atoms with Gasteiger partial charge in [0.1, 0.15) is 24.3 Å². The van der Waals surface area contributed by atoms with Crippen molar-refractivity contribution in [3.05, 3.63) is 40.8 Å². The van der Waals surface area contributed by atoms with E-state index in [0.29, 0.717) is 6.29 Å². The maximum atomic E-state index is 12.8. The molecule has 44 heavy (non-hydrogen) atoms. The van der Waals surface area contributed by atoms with Gasteiger partial charge in [0.15, 0.2) is 0 Å². The van der Waals surface area contributed by atoms with E-state index in [1.54, 1.807) is 7.05 Å². The lowest BCUT2D eigenvalue weighted by Gasteiger charge is -2.44. The van der Waals surface area contributed by atoms with E-state index in [0.717, 1.165) is 28.4 Å². The quantitative estimate of drug-likeness (QED) is 0.203. The Bertz CT molecular complexity index is 1360. The minimum absolute atomic E-state index is 0. The van der Waals surface area contributed by atoms with Gasteiger partial charge in [0.05, 0.1) is 6.54 Å². The van der Waals surface area contributed by atoms with E-state index in [9.17, 15) is 28.8 Å². The molecule has 2 aliphatic carbocycles. The highest BCUT2D eigenvalue weighted by Crippen LogP contribution is 2.42. The van der Waals surface area contributed by atoms with Gasteiger partial charge in [0.25, 0.3) is 17.4 Å². The van der Waals surface area contributed by atoms with E-state index >= 15 is 0 Å². The summed E-state index contributed by atoms with van der Waals surface area (Å²) in [6.45, 7) is 2.22. The number of nitrogens with one attached hydrogen (secondary N) is 4. The minimum Gasteiger partial charge on any atom is -0.353 e. The highest BCUT2D eigenvalue weighted by molar-refractivity contribution is 7.59. The second-order valence-corrected chi connectivity index (χ2v) is 11.2. The number of fused-ring (bicyclic) bond motifs is 2. The number of nitrogens with zero attached hydrogens (tertiary/aromatic N) is 4. The van der Waals surface area contributed by atoms with E-state index in [1.165, 1.54) is 68.5 Å². The lowest BCUT2D eigenvalue weighted by Crippen LogP contribution is -2.45. The molecule has 2 heterocycles. The van der Waals surface area contributed by atoms with Crippen molar-refractivity contribution in [2.24, 2.45) is 24.8 Å². The molecule has 3 amide bonds. The molecule has 2 saturated carbocycles. The van der Waals surface area contributed by atoms with Crippen LogP contribution in [-0.4, -0.2) is 75.3 Å². The number of aryl methyl sites for hydroxylation is 1. The number of likely N-dealkylation sites (N-methyl/N-ethyl adjacent to an activating group) is 1. The first kappa shape index (κ1) is 36.3. The van der Waals surface area contributed by atoms with E-state index in [-0.39, 0.29) is 44.4 Å². The van der Waals surface area contributed by atoms with Gasteiger partial charge in [-0.2, -0.15) is 13.5 Å². The number of Topliss-reactive ketones (excluding diaryl/α,β-unsaturated/α-hetero) is 1. The topological polar surface area (TPSA) is 186 Å². The number of carbonyl (C=O) groups is 5. The zero-order valence-electron chi connectivity index (χ0n) is 25.7. The van der Waals surface area contributed by atoms with Crippen LogP contribution in [0.3, 0.4) is 0 Å². The van der Waals surface area contributed by atoms with E-state index in [2.05, 4.69) is 45.3 Å². The smallest absolute Gasteiger partial charge is 0.291 e. The van der Waals surface area contributed by atoms with Crippen LogP contribution in [0, 0.1) is 17.8 Å². The van der Waals surface area contributed by atoms with Gasteiger partial charge in [-0.25, -0.2) is 4.98 Å². The number of anilines is 1. The van der Waals surface area contributed by atoms with Crippen LogP contribution < -0.4 is 26.8 Å². The minimum atomic E-state index is -1.27. The molecule has 15 heteroatoms. The first-order valence-corrected chi connectivity index (χ1v) is 14.6. The molecule has 0 radical (unpaired) electrons. The molecule has 2 fully saturated rings. The summed E-state index contributed by atoms with van der Waals surface area (Å²) >= 11 is 0. The standard InChI is InChI=1S/C18H21N7O6.C11H21N.H2S/c1-19-16(29)13(27)6-5-11(21-17(30)14-20-10-24(2)23-14)15(28)22-12-4-3-7-25(8-9-26)18(12)31;1-8-6-9-4-3-5-10(7-9)11(8)12-2;/h3-4,7,9-11H,5-6,8H2,1-2H3,(H,19,29)(H,21,30)(H,22,28);8-12H,3-7H2,1-2H3;1H2. The van der Waals surface area contributed by atoms with Crippen molar-refractivity contribution in [1.82, 2.24) is 35.3 Å². The fraction of sp³-hybridized carbons (Fsp3) is 0.586. The molecule has 0 aliphatic heterocycles. The predicted molar refractivity (Wildman–Crippen MR) is 168 cm³/mol. The molecule has 0 aromatic carbocycles. The molecule has 0 saturated heterocycles. The van der Waals surface area contributed by atoms with Crippen molar-refractivity contribution in [3.8, 4) is 0 Å². The molecule has 14 nitrogen and oxygen atoms in total. The molecule has 0 spiro atoms. The van der Waals surface area contributed by atoms with E-state index < -0.39 is 35.1 Å². The van der Waals surface area contributed by atoms with Gasteiger partial charge in [0.2, 0.25) is 17.5 Å². The summed E-state index contributed by atoms with van der Waals surface area (Å²) in [6.07, 6.45) is 10.1. The Labute approximate surface area is 263 Å². The molecular weight excluding hydrogens is 588 g/mol. The number of hydrogen-bond acceptors (Lipinski definition) is 9. The van der Waals surface area contributed by atoms with Gasteiger partial charge >= 0.3 is 0 Å².